The van der Waals surface area contributed by atoms with Gasteiger partial charge in [-0.2, -0.15) is 8.78 Å². The van der Waals surface area contributed by atoms with Crippen molar-refractivity contribution in [2.45, 2.75) is 32.3 Å². The summed E-state index contributed by atoms with van der Waals surface area (Å²) in [5.74, 6) is -3.30. The molecule has 0 aliphatic rings. The maximum absolute atomic E-state index is 14.3. The Morgan fingerprint density at radius 1 is 0.788 bits per heavy atom. The SMILES string of the molecule is CCCCc1ccc(C#Cc2ccc(C(F)(F)Oc3cc(F)c(F)c(F)c3)c(F)c2)c(F)c1. The third kappa shape index (κ3) is 5.86. The van der Waals surface area contributed by atoms with Crippen LogP contribution < -0.4 is 4.74 Å². The van der Waals surface area contributed by atoms with Gasteiger partial charge in [0.15, 0.2) is 17.5 Å². The zero-order valence-corrected chi connectivity index (χ0v) is 17.3. The number of benzene rings is 3. The highest BCUT2D eigenvalue weighted by Crippen LogP contribution is 2.34. The molecular weight excluding hydrogens is 449 g/mol. The highest BCUT2D eigenvalue weighted by Gasteiger charge is 2.38. The molecule has 0 N–H and O–H groups in total. The molecule has 8 heteroatoms. The summed E-state index contributed by atoms with van der Waals surface area (Å²) in [7, 11) is 0. The lowest BCUT2D eigenvalue weighted by Crippen LogP contribution is -2.23. The fourth-order valence-corrected chi connectivity index (χ4v) is 2.96. The van der Waals surface area contributed by atoms with Gasteiger partial charge in [-0.15, -0.1) is 0 Å². The molecule has 0 saturated heterocycles. The number of rotatable bonds is 6. The van der Waals surface area contributed by atoms with E-state index in [-0.39, 0.29) is 23.3 Å². The van der Waals surface area contributed by atoms with Crippen molar-refractivity contribution < 1.29 is 35.5 Å². The molecule has 3 rings (SSSR count). The predicted octanol–water partition coefficient (Wildman–Crippen LogP) is 7.25. The van der Waals surface area contributed by atoms with Gasteiger partial charge in [0, 0.05) is 17.7 Å². The smallest absolute Gasteiger partial charge is 0.429 e. The van der Waals surface area contributed by atoms with Crippen LogP contribution in [0.3, 0.4) is 0 Å². The lowest BCUT2D eigenvalue weighted by atomic mass is 10.1. The number of alkyl halides is 2. The van der Waals surface area contributed by atoms with Crippen LogP contribution in [0.5, 0.6) is 5.75 Å². The summed E-state index contributed by atoms with van der Waals surface area (Å²) in [6.45, 7) is 2.02. The molecule has 172 valence electrons. The quantitative estimate of drug-likeness (QED) is 0.211. The van der Waals surface area contributed by atoms with E-state index < -0.39 is 46.5 Å². The summed E-state index contributed by atoms with van der Waals surface area (Å²) in [5.41, 5.74) is -0.364. The number of hydrogen-bond donors (Lipinski definition) is 0. The van der Waals surface area contributed by atoms with Crippen LogP contribution in [0, 0.1) is 40.9 Å². The van der Waals surface area contributed by atoms with E-state index in [2.05, 4.69) is 16.6 Å². The topological polar surface area (TPSA) is 9.23 Å². The Hall–Kier alpha value is -3.47. The molecule has 0 amide bonds. The first-order valence-corrected chi connectivity index (χ1v) is 9.92. The van der Waals surface area contributed by atoms with E-state index in [0.29, 0.717) is 12.1 Å². The molecule has 0 saturated carbocycles. The summed E-state index contributed by atoms with van der Waals surface area (Å²) in [6.07, 6.45) is -1.73. The van der Waals surface area contributed by atoms with Gasteiger partial charge in [0.1, 0.15) is 22.9 Å². The van der Waals surface area contributed by atoms with E-state index in [1.54, 1.807) is 6.07 Å². The standard InChI is InChI=1S/C25H17F7O/c1-2-3-4-15-5-8-17(20(26)11-15)9-6-16-7-10-19(21(27)12-16)25(31,32)33-18-13-22(28)24(30)23(29)14-18/h5,7-8,10-14H,2-4H2,1H3. The Balaban J connectivity index is 1.80. The van der Waals surface area contributed by atoms with E-state index in [0.717, 1.165) is 30.9 Å². The Morgan fingerprint density at radius 3 is 2.09 bits per heavy atom. The maximum Gasteiger partial charge on any atom is 0.429 e. The van der Waals surface area contributed by atoms with E-state index in [1.807, 2.05) is 6.92 Å². The van der Waals surface area contributed by atoms with Gasteiger partial charge in [-0.05, 0) is 48.7 Å². The number of ether oxygens (including phenoxy) is 1. The molecule has 0 spiro atoms. The van der Waals surface area contributed by atoms with Gasteiger partial charge in [-0.1, -0.05) is 31.3 Å². The van der Waals surface area contributed by atoms with Gasteiger partial charge >= 0.3 is 6.11 Å². The third-order valence-electron chi connectivity index (χ3n) is 4.68. The zero-order valence-electron chi connectivity index (χ0n) is 17.3. The van der Waals surface area contributed by atoms with E-state index in [4.69, 9.17) is 0 Å². The highest BCUT2D eigenvalue weighted by molar-refractivity contribution is 5.45. The highest BCUT2D eigenvalue weighted by atomic mass is 19.3. The van der Waals surface area contributed by atoms with E-state index in [9.17, 15) is 30.7 Å². The van der Waals surface area contributed by atoms with Crippen molar-refractivity contribution in [3.05, 3.63) is 99.9 Å². The molecule has 0 aliphatic carbocycles. The second-order valence-electron chi connectivity index (χ2n) is 7.18. The summed E-state index contributed by atoms with van der Waals surface area (Å²) >= 11 is 0. The van der Waals surface area contributed by atoms with Crippen LogP contribution >= 0.6 is 0 Å². The van der Waals surface area contributed by atoms with Crippen LogP contribution in [-0.4, -0.2) is 0 Å². The molecule has 0 atom stereocenters. The molecule has 0 heterocycles. The Bertz CT molecular complexity index is 1200. The molecule has 0 unspecified atom stereocenters. The summed E-state index contributed by atoms with van der Waals surface area (Å²) in [6, 6.07) is 7.44. The molecule has 0 aliphatic heterocycles. The number of halogens is 7. The zero-order chi connectivity index (χ0) is 24.2. The lowest BCUT2D eigenvalue weighted by Gasteiger charge is -2.19. The minimum atomic E-state index is -4.33. The van der Waals surface area contributed by atoms with Gasteiger partial charge in [0.25, 0.3) is 0 Å². The number of unbranched alkanes of at least 4 members (excludes halogenated alkanes) is 1. The van der Waals surface area contributed by atoms with Gasteiger partial charge in [0.05, 0.1) is 5.56 Å². The van der Waals surface area contributed by atoms with Crippen LogP contribution in [-0.2, 0) is 12.5 Å². The van der Waals surface area contributed by atoms with Crippen LogP contribution in [0.15, 0.2) is 48.5 Å². The molecule has 0 fully saturated rings. The minimum Gasteiger partial charge on any atom is -0.429 e. The number of aryl methyl sites for hydroxylation is 1. The maximum atomic E-state index is 14.3. The van der Waals surface area contributed by atoms with Crippen LogP contribution in [0.4, 0.5) is 30.7 Å². The second-order valence-corrected chi connectivity index (χ2v) is 7.18. The fourth-order valence-electron chi connectivity index (χ4n) is 2.96. The third-order valence-corrected chi connectivity index (χ3v) is 4.68. The van der Waals surface area contributed by atoms with Gasteiger partial charge < -0.3 is 4.74 Å². The van der Waals surface area contributed by atoms with Crippen molar-refractivity contribution in [2.75, 3.05) is 0 Å². The minimum absolute atomic E-state index is 0.0135. The van der Waals surface area contributed by atoms with Crippen molar-refractivity contribution in [1.82, 2.24) is 0 Å². The summed E-state index contributed by atoms with van der Waals surface area (Å²) in [5, 5.41) is 0. The van der Waals surface area contributed by atoms with Crippen molar-refractivity contribution >= 4 is 0 Å². The van der Waals surface area contributed by atoms with E-state index in [1.165, 1.54) is 12.1 Å². The summed E-state index contributed by atoms with van der Waals surface area (Å²) < 4.78 is 101. The average molecular weight is 466 g/mol. The largest absolute Gasteiger partial charge is 0.429 e. The van der Waals surface area contributed by atoms with Crippen molar-refractivity contribution in [2.24, 2.45) is 0 Å². The fraction of sp³-hybridized carbons (Fsp3) is 0.200. The first-order chi connectivity index (χ1) is 15.6. The van der Waals surface area contributed by atoms with Crippen LogP contribution in [0.1, 0.15) is 42.0 Å². The first kappa shape index (κ1) is 24.2. The van der Waals surface area contributed by atoms with E-state index >= 15 is 0 Å². The molecular formula is C25H17F7O. The second kappa shape index (κ2) is 9.99. The number of hydrogen-bond acceptors (Lipinski definition) is 1. The molecule has 1 nitrogen and oxygen atoms in total. The average Bonchev–Trinajstić information content (AvgIpc) is 2.75. The molecule has 0 radical (unpaired) electrons. The van der Waals surface area contributed by atoms with Crippen molar-refractivity contribution in [1.29, 1.82) is 0 Å². The molecule has 3 aromatic carbocycles. The summed E-state index contributed by atoms with van der Waals surface area (Å²) in [4.78, 5) is 0. The van der Waals surface area contributed by atoms with Crippen molar-refractivity contribution in [3.63, 3.8) is 0 Å². The lowest BCUT2D eigenvalue weighted by molar-refractivity contribution is -0.187. The Kier molecular flexibility index (Phi) is 7.32. The molecule has 0 bridgehead atoms. The Morgan fingerprint density at radius 2 is 1.48 bits per heavy atom. The molecule has 3 aromatic rings. The van der Waals surface area contributed by atoms with Gasteiger partial charge in [-0.3, -0.25) is 0 Å². The van der Waals surface area contributed by atoms with Gasteiger partial charge in [0.2, 0.25) is 0 Å². The normalized spacial score (nSPS) is 11.2. The molecule has 0 aromatic heterocycles. The predicted molar refractivity (Wildman–Crippen MR) is 108 cm³/mol. The first-order valence-electron chi connectivity index (χ1n) is 9.92. The Labute approximate surface area is 185 Å². The van der Waals surface area contributed by atoms with Crippen LogP contribution in [0.25, 0.3) is 0 Å². The van der Waals surface area contributed by atoms with Gasteiger partial charge in [-0.25, -0.2) is 22.0 Å². The van der Waals surface area contributed by atoms with Crippen molar-refractivity contribution in [3.8, 4) is 17.6 Å². The van der Waals surface area contributed by atoms with Crippen LogP contribution in [0.2, 0.25) is 0 Å². The molecule has 33 heavy (non-hydrogen) atoms. The monoisotopic (exact) mass is 466 g/mol.